The molecular formula is C25H37FO. The summed E-state index contributed by atoms with van der Waals surface area (Å²) in [4.78, 5) is 0. The fourth-order valence-electron chi connectivity index (χ4n) is 5.26. The lowest BCUT2D eigenvalue weighted by Gasteiger charge is -2.32. The van der Waals surface area contributed by atoms with E-state index in [-0.39, 0.29) is 0 Å². The Kier molecular flexibility index (Phi) is 8.23. The molecule has 2 aliphatic carbocycles. The second-order valence-corrected chi connectivity index (χ2v) is 8.78. The van der Waals surface area contributed by atoms with Crippen LogP contribution < -0.4 is 4.74 Å². The third-order valence-electron chi connectivity index (χ3n) is 7.02. The first-order valence-electron chi connectivity index (χ1n) is 11.3. The van der Waals surface area contributed by atoms with Crippen LogP contribution in [0.3, 0.4) is 0 Å². The van der Waals surface area contributed by atoms with E-state index in [2.05, 4.69) is 24.3 Å². The highest BCUT2D eigenvalue weighted by molar-refractivity contribution is 5.29. The standard InChI is InChI=1S/C25H37FO/c1-2-27-25-17-15-24(16-18-25)23-13-11-22(12-14-23)10-9-21-7-5-20(6-8-21)4-3-19-26/h3,15-23H,2,4-14H2,1H3/t20-,21-,22-,23-. The van der Waals surface area contributed by atoms with Gasteiger partial charge in [-0.15, -0.1) is 0 Å². The predicted molar refractivity (Wildman–Crippen MR) is 112 cm³/mol. The molecule has 2 saturated carbocycles. The molecule has 0 saturated heterocycles. The monoisotopic (exact) mass is 372 g/mol. The zero-order valence-electron chi connectivity index (χ0n) is 17.0. The summed E-state index contributed by atoms with van der Waals surface area (Å²) in [5, 5.41) is 0. The Morgan fingerprint density at radius 3 is 1.96 bits per heavy atom. The molecule has 0 N–H and O–H groups in total. The summed E-state index contributed by atoms with van der Waals surface area (Å²) >= 11 is 0. The summed E-state index contributed by atoms with van der Waals surface area (Å²) < 4.78 is 17.7. The summed E-state index contributed by atoms with van der Waals surface area (Å²) in [6.45, 7) is 2.77. The van der Waals surface area contributed by atoms with Crippen LogP contribution in [0.2, 0.25) is 0 Å². The Bertz CT molecular complexity index is 548. The summed E-state index contributed by atoms with van der Waals surface area (Å²) in [7, 11) is 0. The molecule has 0 aromatic heterocycles. The van der Waals surface area contributed by atoms with E-state index in [9.17, 15) is 4.39 Å². The Hall–Kier alpha value is -1.31. The fraction of sp³-hybridized carbons (Fsp3) is 0.680. The highest BCUT2D eigenvalue weighted by atomic mass is 19.1. The molecular weight excluding hydrogens is 335 g/mol. The van der Waals surface area contributed by atoms with Gasteiger partial charge in [-0.2, -0.15) is 0 Å². The number of rotatable bonds is 8. The lowest BCUT2D eigenvalue weighted by atomic mass is 9.74. The first-order valence-corrected chi connectivity index (χ1v) is 11.3. The average Bonchev–Trinajstić information content (AvgIpc) is 2.73. The van der Waals surface area contributed by atoms with Crippen LogP contribution in [0.15, 0.2) is 36.7 Å². The molecule has 0 radical (unpaired) electrons. The molecule has 0 spiro atoms. The minimum atomic E-state index is 0.718. The van der Waals surface area contributed by atoms with Gasteiger partial charge in [-0.3, -0.25) is 0 Å². The topological polar surface area (TPSA) is 9.23 Å². The first-order chi connectivity index (χ1) is 13.3. The first kappa shape index (κ1) is 20.4. The van der Waals surface area contributed by atoms with E-state index in [0.717, 1.165) is 48.8 Å². The third kappa shape index (κ3) is 6.36. The van der Waals surface area contributed by atoms with Gasteiger partial charge in [0.2, 0.25) is 0 Å². The Labute approximate surface area is 165 Å². The van der Waals surface area contributed by atoms with E-state index in [1.807, 2.05) is 6.92 Å². The second kappa shape index (κ2) is 10.9. The quantitative estimate of drug-likeness (QED) is 0.452. The van der Waals surface area contributed by atoms with E-state index in [0.29, 0.717) is 0 Å². The van der Waals surface area contributed by atoms with Crippen LogP contribution in [0, 0.1) is 17.8 Å². The Balaban J connectivity index is 1.34. The zero-order valence-corrected chi connectivity index (χ0v) is 17.0. The number of hydrogen-bond donors (Lipinski definition) is 0. The highest BCUT2D eigenvalue weighted by Crippen LogP contribution is 2.40. The molecule has 0 bridgehead atoms. The summed E-state index contributed by atoms with van der Waals surface area (Å²) in [6, 6.07) is 8.80. The van der Waals surface area contributed by atoms with Gasteiger partial charge in [0.1, 0.15) is 5.75 Å². The molecule has 0 heterocycles. The number of hydrogen-bond acceptors (Lipinski definition) is 1. The van der Waals surface area contributed by atoms with Crippen molar-refractivity contribution < 1.29 is 9.13 Å². The van der Waals surface area contributed by atoms with Gasteiger partial charge >= 0.3 is 0 Å². The molecule has 3 rings (SSSR count). The van der Waals surface area contributed by atoms with Crippen LogP contribution in [0.25, 0.3) is 0 Å². The molecule has 1 aromatic carbocycles. The molecule has 0 amide bonds. The van der Waals surface area contributed by atoms with Crippen LogP contribution in [0.5, 0.6) is 5.75 Å². The fourth-order valence-corrected chi connectivity index (χ4v) is 5.26. The molecule has 0 atom stereocenters. The van der Waals surface area contributed by atoms with Gasteiger partial charge in [0.15, 0.2) is 0 Å². The van der Waals surface area contributed by atoms with Gasteiger partial charge in [-0.1, -0.05) is 43.9 Å². The molecule has 1 nitrogen and oxygen atoms in total. The Morgan fingerprint density at radius 1 is 0.852 bits per heavy atom. The van der Waals surface area contributed by atoms with Crippen molar-refractivity contribution in [2.24, 2.45) is 17.8 Å². The predicted octanol–water partition coefficient (Wildman–Crippen LogP) is 7.82. The van der Waals surface area contributed by atoms with Crippen molar-refractivity contribution >= 4 is 0 Å². The maximum atomic E-state index is 12.2. The summed E-state index contributed by atoms with van der Waals surface area (Å²) in [6.07, 6.45) is 17.0. The van der Waals surface area contributed by atoms with E-state index in [1.54, 1.807) is 6.08 Å². The van der Waals surface area contributed by atoms with Gasteiger partial charge < -0.3 is 4.74 Å². The van der Waals surface area contributed by atoms with E-state index < -0.39 is 0 Å². The smallest absolute Gasteiger partial charge is 0.119 e. The number of ether oxygens (including phenoxy) is 1. The van der Waals surface area contributed by atoms with E-state index in [4.69, 9.17) is 4.74 Å². The van der Waals surface area contributed by atoms with Gasteiger partial charge in [0.05, 0.1) is 12.9 Å². The van der Waals surface area contributed by atoms with E-state index >= 15 is 0 Å². The minimum absolute atomic E-state index is 0.718. The lowest BCUT2D eigenvalue weighted by Crippen LogP contribution is -2.17. The number of benzene rings is 1. The molecule has 27 heavy (non-hydrogen) atoms. The van der Waals surface area contributed by atoms with Gasteiger partial charge in [0.25, 0.3) is 0 Å². The van der Waals surface area contributed by atoms with Crippen molar-refractivity contribution in [1.82, 2.24) is 0 Å². The van der Waals surface area contributed by atoms with Crippen molar-refractivity contribution in [2.45, 2.75) is 83.5 Å². The molecule has 0 aliphatic heterocycles. The SMILES string of the molecule is CCOc1ccc([C@H]2CC[C@H](CC[C@H]3CC[C@H](CC=CF)CC3)CC2)cc1. The normalized spacial score (nSPS) is 29.1. The van der Waals surface area contributed by atoms with E-state index in [1.165, 1.54) is 69.8 Å². The highest BCUT2D eigenvalue weighted by Gasteiger charge is 2.25. The van der Waals surface area contributed by atoms with Gasteiger partial charge in [0, 0.05) is 0 Å². The Morgan fingerprint density at radius 2 is 1.41 bits per heavy atom. The van der Waals surface area contributed by atoms with Crippen molar-refractivity contribution in [1.29, 1.82) is 0 Å². The second-order valence-electron chi connectivity index (χ2n) is 8.78. The number of allylic oxidation sites excluding steroid dienone is 1. The molecule has 1 aromatic rings. The summed E-state index contributed by atoms with van der Waals surface area (Å²) in [5.41, 5.74) is 1.50. The zero-order chi connectivity index (χ0) is 18.9. The molecule has 2 heteroatoms. The number of halogens is 1. The summed E-state index contributed by atoms with van der Waals surface area (Å²) in [5.74, 6) is 4.34. The van der Waals surface area contributed by atoms with Gasteiger partial charge in [-0.25, -0.2) is 4.39 Å². The largest absolute Gasteiger partial charge is 0.494 e. The van der Waals surface area contributed by atoms with Crippen LogP contribution in [0.1, 0.15) is 89.0 Å². The molecule has 2 aliphatic rings. The van der Waals surface area contributed by atoms with Crippen LogP contribution in [-0.2, 0) is 0 Å². The third-order valence-corrected chi connectivity index (χ3v) is 7.02. The lowest BCUT2D eigenvalue weighted by molar-refractivity contribution is 0.231. The van der Waals surface area contributed by atoms with Crippen LogP contribution in [0.4, 0.5) is 4.39 Å². The molecule has 2 fully saturated rings. The average molecular weight is 373 g/mol. The van der Waals surface area contributed by atoms with Crippen LogP contribution in [-0.4, -0.2) is 6.61 Å². The van der Waals surface area contributed by atoms with Crippen molar-refractivity contribution in [3.63, 3.8) is 0 Å². The maximum absolute atomic E-state index is 12.2. The van der Waals surface area contributed by atoms with Crippen molar-refractivity contribution in [2.75, 3.05) is 6.61 Å². The van der Waals surface area contributed by atoms with Crippen LogP contribution >= 0.6 is 0 Å². The van der Waals surface area contributed by atoms with Gasteiger partial charge in [-0.05, 0) is 93.2 Å². The molecule has 150 valence electrons. The maximum Gasteiger partial charge on any atom is 0.119 e. The minimum Gasteiger partial charge on any atom is -0.494 e. The van der Waals surface area contributed by atoms with Crippen molar-refractivity contribution in [3.8, 4) is 5.75 Å². The van der Waals surface area contributed by atoms with Crippen molar-refractivity contribution in [3.05, 3.63) is 42.2 Å². The molecule has 0 unspecified atom stereocenters.